The summed E-state index contributed by atoms with van der Waals surface area (Å²) in [6.45, 7) is 2.78. The van der Waals surface area contributed by atoms with E-state index >= 15 is 0 Å². The van der Waals surface area contributed by atoms with E-state index in [2.05, 4.69) is 19.1 Å². The van der Waals surface area contributed by atoms with Crippen LogP contribution in [-0.2, 0) is 20.3 Å². The van der Waals surface area contributed by atoms with E-state index in [9.17, 15) is 8.76 Å². The van der Waals surface area contributed by atoms with E-state index in [4.69, 9.17) is 10.5 Å². The molecule has 1 fully saturated rings. The molecular formula is C14H16N5O4S-. The molecule has 24 heavy (non-hydrogen) atoms. The standard InChI is InChI=1S/C14H17N5O4S/c15-13(23-24(20)21)12-11(2-1-3-16-12)10-8-17-14(18-9-10)19-4-6-22-7-5-19/h1-3,8-9,13H,4-7,15H2,(H,20,21)/p-1. The second-order valence-electron chi connectivity index (χ2n) is 5.03. The van der Waals surface area contributed by atoms with Gasteiger partial charge in [0.25, 0.3) is 0 Å². The highest BCUT2D eigenvalue weighted by Crippen LogP contribution is 2.26. The van der Waals surface area contributed by atoms with E-state index in [1.807, 2.05) is 4.90 Å². The van der Waals surface area contributed by atoms with Crippen LogP contribution in [-0.4, -0.2) is 50.0 Å². The Balaban J connectivity index is 1.85. The molecule has 0 radical (unpaired) electrons. The number of anilines is 1. The predicted octanol–water partition coefficient (Wildman–Crippen LogP) is 0.143. The number of morpholine rings is 1. The van der Waals surface area contributed by atoms with Gasteiger partial charge in [0.1, 0.15) is 0 Å². The highest BCUT2D eigenvalue weighted by atomic mass is 32.2. The van der Waals surface area contributed by atoms with Crippen molar-refractivity contribution in [3.05, 3.63) is 36.4 Å². The lowest BCUT2D eigenvalue weighted by Crippen LogP contribution is -2.37. The zero-order valence-electron chi connectivity index (χ0n) is 12.7. The summed E-state index contributed by atoms with van der Waals surface area (Å²) < 4.78 is 31.3. The van der Waals surface area contributed by atoms with Gasteiger partial charge < -0.3 is 14.2 Å². The molecule has 10 heteroatoms. The summed E-state index contributed by atoms with van der Waals surface area (Å²) in [5, 5.41) is 0. The van der Waals surface area contributed by atoms with Crippen LogP contribution in [0, 0.1) is 0 Å². The van der Waals surface area contributed by atoms with Crippen LogP contribution in [0.2, 0.25) is 0 Å². The number of rotatable bonds is 5. The third-order valence-corrected chi connectivity index (χ3v) is 3.90. The van der Waals surface area contributed by atoms with Gasteiger partial charge in [-0.1, -0.05) is 6.07 Å². The number of aromatic nitrogens is 3. The Kier molecular flexibility index (Phi) is 5.43. The highest BCUT2D eigenvalue weighted by Gasteiger charge is 2.17. The molecule has 0 bridgehead atoms. The highest BCUT2D eigenvalue weighted by molar-refractivity contribution is 7.74. The summed E-state index contributed by atoms with van der Waals surface area (Å²) in [5.74, 6) is 0.619. The molecule has 2 unspecified atom stereocenters. The predicted molar refractivity (Wildman–Crippen MR) is 85.2 cm³/mol. The molecule has 1 saturated heterocycles. The van der Waals surface area contributed by atoms with Crippen LogP contribution >= 0.6 is 0 Å². The van der Waals surface area contributed by atoms with Gasteiger partial charge in [0, 0.05) is 42.8 Å². The van der Waals surface area contributed by atoms with Crippen molar-refractivity contribution >= 4 is 17.3 Å². The summed E-state index contributed by atoms with van der Waals surface area (Å²) in [6.07, 6.45) is 3.62. The van der Waals surface area contributed by atoms with Gasteiger partial charge in [-0.3, -0.25) is 14.9 Å². The number of pyridine rings is 1. The SMILES string of the molecule is NC(OS(=O)[O-])c1ncccc1-c1cnc(N2CCOCC2)nc1. The Morgan fingerprint density at radius 3 is 2.67 bits per heavy atom. The van der Waals surface area contributed by atoms with Gasteiger partial charge in [-0.05, 0) is 6.07 Å². The number of nitrogens with zero attached hydrogens (tertiary/aromatic N) is 4. The molecule has 2 atom stereocenters. The first-order valence-corrected chi connectivity index (χ1v) is 8.27. The van der Waals surface area contributed by atoms with Crippen molar-refractivity contribution in [1.82, 2.24) is 15.0 Å². The first-order chi connectivity index (χ1) is 11.6. The molecule has 0 saturated carbocycles. The molecule has 1 aliphatic rings. The molecular weight excluding hydrogens is 334 g/mol. The number of hydrogen-bond acceptors (Lipinski definition) is 9. The van der Waals surface area contributed by atoms with Crippen LogP contribution in [0.5, 0.6) is 0 Å². The lowest BCUT2D eigenvalue weighted by Gasteiger charge is -2.26. The van der Waals surface area contributed by atoms with Crippen molar-refractivity contribution in [1.29, 1.82) is 0 Å². The molecule has 2 aromatic rings. The fourth-order valence-electron chi connectivity index (χ4n) is 2.41. The van der Waals surface area contributed by atoms with E-state index in [0.717, 1.165) is 13.1 Å². The maximum atomic E-state index is 10.7. The van der Waals surface area contributed by atoms with Crippen LogP contribution in [0.1, 0.15) is 11.9 Å². The Morgan fingerprint density at radius 2 is 2.00 bits per heavy atom. The first-order valence-electron chi connectivity index (χ1n) is 7.27. The first kappa shape index (κ1) is 16.9. The maximum absolute atomic E-state index is 10.7. The molecule has 0 aliphatic carbocycles. The van der Waals surface area contributed by atoms with Crippen LogP contribution in [0.15, 0.2) is 30.7 Å². The van der Waals surface area contributed by atoms with Gasteiger partial charge >= 0.3 is 0 Å². The molecule has 0 aromatic carbocycles. The molecule has 9 nitrogen and oxygen atoms in total. The van der Waals surface area contributed by atoms with E-state index in [1.54, 1.807) is 24.5 Å². The van der Waals surface area contributed by atoms with Crippen molar-refractivity contribution < 1.29 is 17.7 Å². The average molecular weight is 350 g/mol. The van der Waals surface area contributed by atoms with E-state index in [1.165, 1.54) is 6.20 Å². The largest absolute Gasteiger partial charge is 0.750 e. The Morgan fingerprint density at radius 1 is 1.29 bits per heavy atom. The summed E-state index contributed by atoms with van der Waals surface area (Å²) in [4.78, 5) is 14.9. The van der Waals surface area contributed by atoms with Gasteiger partial charge in [-0.25, -0.2) is 14.2 Å². The quantitative estimate of drug-likeness (QED) is 0.592. The van der Waals surface area contributed by atoms with E-state index < -0.39 is 17.6 Å². The monoisotopic (exact) mass is 350 g/mol. The smallest absolute Gasteiger partial charge is 0.225 e. The van der Waals surface area contributed by atoms with Crippen LogP contribution in [0.25, 0.3) is 11.1 Å². The van der Waals surface area contributed by atoms with Gasteiger partial charge in [-0.15, -0.1) is 0 Å². The van der Waals surface area contributed by atoms with Crippen LogP contribution in [0.3, 0.4) is 0 Å². The molecule has 0 spiro atoms. The van der Waals surface area contributed by atoms with Crippen molar-refractivity contribution in [2.24, 2.45) is 5.73 Å². The second kappa shape index (κ2) is 7.73. The molecule has 128 valence electrons. The summed E-state index contributed by atoms with van der Waals surface area (Å²) in [7, 11) is 0. The minimum absolute atomic E-state index is 0.296. The molecule has 2 N–H and O–H groups in total. The van der Waals surface area contributed by atoms with E-state index in [0.29, 0.717) is 36.0 Å². The second-order valence-corrected chi connectivity index (χ2v) is 5.63. The molecule has 2 aromatic heterocycles. The van der Waals surface area contributed by atoms with Gasteiger partial charge in [0.15, 0.2) is 6.23 Å². The van der Waals surface area contributed by atoms with Gasteiger partial charge in [0.2, 0.25) is 5.95 Å². The Labute approximate surface area is 141 Å². The maximum Gasteiger partial charge on any atom is 0.225 e. The topological polar surface area (TPSA) is 127 Å². The van der Waals surface area contributed by atoms with E-state index in [-0.39, 0.29) is 0 Å². The summed E-state index contributed by atoms with van der Waals surface area (Å²) >= 11 is -2.73. The fraction of sp³-hybridized carbons (Fsp3) is 0.357. The number of hydrogen-bond donors (Lipinski definition) is 1. The normalized spacial score (nSPS) is 17.5. The third kappa shape index (κ3) is 3.91. The van der Waals surface area contributed by atoms with Gasteiger partial charge in [-0.2, -0.15) is 0 Å². The van der Waals surface area contributed by atoms with Crippen LogP contribution in [0.4, 0.5) is 5.95 Å². The lowest BCUT2D eigenvalue weighted by molar-refractivity contribution is 0.122. The Hall–Kier alpha value is -1.98. The summed E-state index contributed by atoms with van der Waals surface area (Å²) in [5.41, 5.74) is 7.32. The molecule has 0 amide bonds. The van der Waals surface area contributed by atoms with Crippen molar-refractivity contribution in [3.63, 3.8) is 0 Å². The zero-order valence-corrected chi connectivity index (χ0v) is 13.5. The molecule has 1 aliphatic heterocycles. The fourth-order valence-corrected chi connectivity index (χ4v) is 2.67. The molecule has 3 heterocycles. The van der Waals surface area contributed by atoms with Crippen LogP contribution < -0.4 is 10.6 Å². The minimum atomic E-state index is -2.73. The van der Waals surface area contributed by atoms with Crippen molar-refractivity contribution in [2.75, 3.05) is 31.2 Å². The minimum Gasteiger partial charge on any atom is -0.750 e. The third-order valence-electron chi connectivity index (χ3n) is 3.53. The lowest BCUT2D eigenvalue weighted by atomic mass is 10.1. The van der Waals surface area contributed by atoms with Gasteiger partial charge in [0.05, 0.1) is 30.3 Å². The van der Waals surface area contributed by atoms with Crippen molar-refractivity contribution in [3.8, 4) is 11.1 Å². The number of nitrogens with two attached hydrogens (primary N) is 1. The van der Waals surface area contributed by atoms with Crippen molar-refractivity contribution in [2.45, 2.75) is 6.23 Å². The Bertz CT molecular complexity index is 709. The molecule has 3 rings (SSSR count). The summed E-state index contributed by atoms with van der Waals surface area (Å²) in [6, 6.07) is 3.47. The number of ether oxygens (including phenoxy) is 1. The average Bonchev–Trinajstić information content (AvgIpc) is 2.62. The zero-order chi connectivity index (χ0) is 16.9.